The van der Waals surface area contributed by atoms with E-state index in [2.05, 4.69) is 0 Å². The molecule has 0 aromatic heterocycles. The molecule has 1 aromatic rings. The van der Waals surface area contributed by atoms with Crippen molar-refractivity contribution in [1.82, 2.24) is 4.90 Å². The summed E-state index contributed by atoms with van der Waals surface area (Å²) in [6.45, 7) is 7.09. The van der Waals surface area contributed by atoms with Crippen molar-refractivity contribution in [1.29, 1.82) is 0 Å². The molecule has 0 aliphatic rings. The predicted molar refractivity (Wildman–Crippen MR) is 80.9 cm³/mol. The number of sulfonamides is 1. The van der Waals surface area contributed by atoms with E-state index in [-0.39, 0.29) is 22.1 Å². The van der Waals surface area contributed by atoms with Crippen molar-refractivity contribution in [2.45, 2.75) is 32.1 Å². The van der Waals surface area contributed by atoms with Gasteiger partial charge in [-0.3, -0.25) is 4.79 Å². The summed E-state index contributed by atoms with van der Waals surface area (Å²) in [6, 6.07) is 4.30. The minimum absolute atomic E-state index is 0.162. The van der Waals surface area contributed by atoms with Crippen molar-refractivity contribution < 1.29 is 17.9 Å². The highest BCUT2D eigenvalue weighted by Crippen LogP contribution is 2.24. The Kier molecular flexibility index (Phi) is 6.17. The first kappa shape index (κ1) is 17.5. The molecule has 1 rings (SSSR count). The van der Waals surface area contributed by atoms with Gasteiger partial charge in [-0.25, -0.2) is 13.6 Å². The second-order valence-corrected chi connectivity index (χ2v) is 6.05. The third-order valence-electron chi connectivity index (χ3n) is 2.96. The summed E-state index contributed by atoms with van der Waals surface area (Å²) in [6.07, 6.45) is 0.832. The van der Waals surface area contributed by atoms with Gasteiger partial charge in [0.05, 0.1) is 6.61 Å². The number of hydrogen-bond acceptors (Lipinski definition) is 4. The van der Waals surface area contributed by atoms with E-state index >= 15 is 0 Å². The number of primary sulfonamides is 1. The van der Waals surface area contributed by atoms with Gasteiger partial charge in [0.15, 0.2) is 0 Å². The number of amides is 1. The molecule has 118 valence electrons. The van der Waals surface area contributed by atoms with Gasteiger partial charge in [0.1, 0.15) is 10.6 Å². The molecule has 0 radical (unpaired) electrons. The SMILES string of the molecule is CCCN(CC)C(=O)c1ccc(OCC)c(S(N)(=O)=O)c1. The number of hydrogen-bond donors (Lipinski definition) is 1. The number of nitrogens with two attached hydrogens (primary N) is 1. The van der Waals surface area contributed by atoms with Crippen LogP contribution in [0.4, 0.5) is 0 Å². The van der Waals surface area contributed by atoms with Crippen LogP contribution in [0.5, 0.6) is 5.75 Å². The summed E-state index contributed by atoms with van der Waals surface area (Å²) >= 11 is 0. The van der Waals surface area contributed by atoms with Crippen LogP contribution in [0.2, 0.25) is 0 Å². The lowest BCUT2D eigenvalue weighted by atomic mass is 10.2. The molecule has 0 heterocycles. The Hall–Kier alpha value is -1.60. The normalized spacial score (nSPS) is 11.2. The van der Waals surface area contributed by atoms with E-state index in [0.29, 0.717) is 19.7 Å². The van der Waals surface area contributed by atoms with Crippen LogP contribution in [0.15, 0.2) is 23.1 Å². The molecular formula is C14H22N2O4S. The minimum atomic E-state index is -3.95. The molecule has 7 heteroatoms. The van der Waals surface area contributed by atoms with E-state index in [1.54, 1.807) is 17.9 Å². The zero-order valence-electron chi connectivity index (χ0n) is 12.6. The van der Waals surface area contributed by atoms with E-state index in [0.717, 1.165) is 6.42 Å². The highest BCUT2D eigenvalue weighted by molar-refractivity contribution is 7.89. The molecule has 0 saturated heterocycles. The first-order valence-corrected chi connectivity index (χ1v) is 8.48. The monoisotopic (exact) mass is 314 g/mol. The molecule has 2 N–H and O–H groups in total. The number of carbonyl (C=O) groups excluding carboxylic acids is 1. The summed E-state index contributed by atoms with van der Waals surface area (Å²) < 4.78 is 28.5. The van der Waals surface area contributed by atoms with Gasteiger partial charge in [-0.1, -0.05) is 6.92 Å². The largest absolute Gasteiger partial charge is 0.492 e. The lowest BCUT2D eigenvalue weighted by molar-refractivity contribution is 0.0764. The minimum Gasteiger partial charge on any atom is -0.492 e. The maximum atomic E-state index is 12.4. The first-order valence-electron chi connectivity index (χ1n) is 6.94. The van der Waals surface area contributed by atoms with Crippen LogP contribution in [0.3, 0.4) is 0 Å². The van der Waals surface area contributed by atoms with E-state index in [1.165, 1.54) is 12.1 Å². The maximum Gasteiger partial charge on any atom is 0.253 e. The third-order valence-corrected chi connectivity index (χ3v) is 3.89. The Morgan fingerprint density at radius 3 is 2.43 bits per heavy atom. The lowest BCUT2D eigenvalue weighted by Crippen LogP contribution is -2.31. The number of carbonyl (C=O) groups is 1. The van der Waals surface area contributed by atoms with Crippen molar-refractivity contribution in [2.75, 3.05) is 19.7 Å². The van der Waals surface area contributed by atoms with Crippen LogP contribution in [0, 0.1) is 0 Å². The van der Waals surface area contributed by atoms with Gasteiger partial charge in [0.2, 0.25) is 10.0 Å². The van der Waals surface area contributed by atoms with Gasteiger partial charge in [0, 0.05) is 18.7 Å². The molecular weight excluding hydrogens is 292 g/mol. The van der Waals surface area contributed by atoms with Crippen LogP contribution in [0.25, 0.3) is 0 Å². The topological polar surface area (TPSA) is 89.7 Å². The molecule has 0 aliphatic carbocycles. The molecule has 0 atom stereocenters. The van der Waals surface area contributed by atoms with Crippen LogP contribution in [0.1, 0.15) is 37.6 Å². The molecule has 0 unspecified atom stereocenters. The number of rotatable bonds is 7. The predicted octanol–water partition coefficient (Wildman–Crippen LogP) is 1.60. The highest BCUT2D eigenvalue weighted by Gasteiger charge is 2.20. The summed E-state index contributed by atoms with van der Waals surface area (Å²) in [5.41, 5.74) is 0.290. The van der Waals surface area contributed by atoms with Crippen LogP contribution in [-0.4, -0.2) is 38.9 Å². The zero-order chi connectivity index (χ0) is 16.0. The van der Waals surface area contributed by atoms with Crippen molar-refractivity contribution in [3.63, 3.8) is 0 Å². The first-order chi connectivity index (χ1) is 9.85. The van der Waals surface area contributed by atoms with E-state index < -0.39 is 10.0 Å². The lowest BCUT2D eigenvalue weighted by Gasteiger charge is -2.20. The second kappa shape index (κ2) is 7.42. The molecule has 6 nitrogen and oxygen atoms in total. The van der Waals surface area contributed by atoms with Crippen LogP contribution >= 0.6 is 0 Å². The van der Waals surface area contributed by atoms with Crippen molar-refractivity contribution in [2.24, 2.45) is 5.14 Å². The maximum absolute atomic E-state index is 12.4. The van der Waals surface area contributed by atoms with Crippen molar-refractivity contribution in [3.05, 3.63) is 23.8 Å². The van der Waals surface area contributed by atoms with Gasteiger partial charge in [-0.05, 0) is 38.5 Å². The van der Waals surface area contributed by atoms with Crippen LogP contribution < -0.4 is 9.88 Å². The Bertz CT molecular complexity index is 599. The summed E-state index contributed by atoms with van der Waals surface area (Å²) in [4.78, 5) is 13.9. The van der Waals surface area contributed by atoms with Crippen molar-refractivity contribution >= 4 is 15.9 Å². The highest BCUT2D eigenvalue weighted by atomic mass is 32.2. The Labute approximate surface area is 125 Å². The molecule has 0 saturated carbocycles. The average Bonchev–Trinajstić information content (AvgIpc) is 2.43. The Morgan fingerprint density at radius 2 is 1.95 bits per heavy atom. The number of benzene rings is 1. The van der Waals surface area contributed by atoms with Crippen molar-refractivity contribution in [3.8, 4) is 5.75 Å². The van der Waals surface area contributed by atoms with Gasteiger partial charge in [-0.2, -0.15) is 0 Å². The third kappa shape index (κ3) is 4.44. The Morgan fingerprint density at radius 1 is 1.29 bits per heavy atom. The zero-order valence-corrected chi connectivity index (χ0v) is 13.4. The fraction of sp³-hybridized carbons (Fsp3) is 0.500. The van der Waals surface area contributed by atoms with Gasteiger partial charge < -0.3 is 9.64 Å². The fourth-order valence-electron chi connectivity index (χ4n) is 1.99. The summed E-state index contributed by atoms with van der Waals surface area (Å²) in [5, 5.41) is 5.19. The Balaban J connectivity index is 3.25. The van der Waals surface area contributed by atoms with Gasteiger partial charge >= 0.3 is 0 Å². The average molecular weight is 314 g/mol. The standard InChI is InChI=1S/C14H22N2O4S/c1-4-9-16(5-2)14(17)11-7-8-12(20-6-3)13(10-11)21(15,18)19/h7-8,10H,4-6,9H2,1-3H3,(H2,15,18,19). The quantitative estimate of drug-likeness (QED) is 0.828. The molecule has 1 amide bonds. The van der Waals surface area contributed by atoms with Crippen LogP contribution in [-0.2, 0) is 10.0 Å². The van der Waals surface area contributed by atoms with E-state index in [4.69, 9.17) is 9.88 Å². The van der Waals surface area contributed by atoms with Gasteiger partial charge in [0.25, 0.3) is 5.91 Å². The fourth-order valence-corrected chi connectivity index (χ4v) is 2.69. The van der Waals surface area contributed by atoms with E-state index in [9.17, 15) is 13.2 Å². The van der Waals surface area contributed by atoms with Gasteiger partial charge in [-0.15, -0.1) is 0 Å². The molecule has 0 bridgehead atoms. The molecule has 0 spiro atoms. The smallest absolute Gasteiger partial charge is 0.253 e. The summed E-state index contributed by atoms with van der Waals surface area (Å²) in [7, 11) is -3.95. The molecule has 0 fully saturated rings. The molecule has 21 heavy (non-hydrogen) atoms. The summed E-state index contributed by atoms with van der Waals surface area (Å²) in [5.74, 6) is -0.0533. The number of ether oxygens (including phenoxy) is 1. The molecule has 0 aliphatic heterocycles. The van der Waals surface area contributed by atoms with E-state index in [1.807, 2.05) is 13.8 Å². The molecule has 1 aromatic carbocycles. The number of nitrogens with zero attached hydrogens (tertiary/aromatic N) is 1. The second-order valence-electron chi connectivity index (χ2n) is 4.52.